The number of aryl methyl sites for hydroxylation is 3. The molecule has 0 spiro atoms. The van der Waals surface area contributed by atoms with E-state index in [0.717, 1.165) is 25.2 Å². The number of rotatable bonds is 6. The van der Waals surface area contributed by atoms with Crippen molar-refractivity contribution in [3.8, 4) is 37.3 Å². The molecule has 0 fully saturated rings. The van der Waals surface area contributed by atoms with Gasteiger partial charge in [0, 0.05) is 22.5 Å². The van der Waals surface area contributed by atoms with Gasteiger partial charge in [0.25, 0.3) is 5.56 Å². The Kier molecular flexibility index (Phi) is 6.32. The number of aromatic nitrogens is 3. The molecule has 0 amide bonds. The van der Waals surface area contributed by atoms with Gasteiger partial charge in [-0.05, 0) is 50.1 Å². The van der Waals surface area contributed by atoms with Crippen LogP contribution in [0.25, 0.3) is 31.6 Å². The number of para-hydroxylation sites is 1. The number of thiazole rings is 1. The zero-order chi connectivity index (χ0) is 24.5. The van der Waals surface area contributed by atoms with Gasteiger partial charge in [0.2, 0.25) is 0 Å². The largest absolute Gasteiger partial charge is 0.504 e. The van der Waals surface area contributed by atoms with Crippen molar-refractivity contribution in [2.75, 3.05) is 0 Å². The van der Waals surface area contributed by atoms with E-state index in [1.165, 1.54) is 23.5 Å². The topological polar surface area (TPSA) is 68.0 Å². The first-order chi connectivity index (χ1) is 16.9. The summed E-state index contributed by atoms with van der Waals surface area (Å²) >= 11 is 3.13. The predicted molar refractivity (Wildman–Crippen MR) is 140 cm³/mol. The Morgan fingerprint density at radius 2 is 1.71 bits per heavy atom. The van der Waals surface area contributed by atoms with E-state index >= 15 is 0 Å². The van der Waals surface area contributed by atoms with Gasteiger partial charge in [-0.1, -0.05) is 36.4 Å². The lowest BCUT2D eigenvalue weighted by Crippen LogP contribution is -2.27. The molecule has 0 bridgehead atoms. The minimum Gasteiger partial charge on any atom is -0.504 e. The van der Waals surface area contributed by atoms with Crippen LogP contribution in [0, 0.1) is 19.7 Å². The highest BCUT2D eigenvalue weighted by Crippen LogP contribution is 2.37. The third kappa shape index (κ3) is 4.54. The number of halogens is 1. The highest BCUT2D eigenvalue weighted by molar-refractivity contribution is 7.23. The maximum Gasteiger partial charge on any atom is 0.262 e. The molecule has 0 saturated carbocycles. The molecule has 0 atom stereocenters. The summed E-state index contributed by atoms with van der Waals surface area (Å²) in [6.45, 7) is 4.07. The maximum atomic E-state index is 14.2. The Balaban J connectivity index is 1.65. The van der Waals surface area contributed by atoms with Crippen molar-refractivity contribution in [3.05, 3.63) is 99.3 Å². The van der Waals surface area contributed by atoms with Crippen molar-refractivity contribution < 1.29 is 9.50 Å². The van der Waals surface area contributed by atoms with E-state index in [0.29, 0.717) is 24.2 Å². The molecular formula is C27H22FN3O2S2. The number of thiophene rings is 1. The van der Waals surface area contributed by atoms with Gasteiger partial charge >= 0.3 is 0 Å². The van der Waals surface area contributed by atoms with Crippen LogP contribution in [0.15, 0.2) is 71.7 Å². The van der Waals surface area contributed by atoms with Crippen LogP contribution < -0.4 is 5.56 Å². The Labute approximate surface area is 209 Å². The first-order valence-corrected chi connectivity index (χ1v) is 12.7. The second-order valence-electron chi connectivity index (χ2n) is 8.13. The maximum absolute atomic E-state index is 14.2. The van der Waals surface area contributed by atoms with E-state index in [-0.39, 0.29) is 16.9 Å². The lowest BCUT2D eigenvalue weighted by Gasteiger charge is -2.16. The molecular weight excluding hydrogens is 481 g/mol. The van der Waals surface area contributed by atoms with Crippen molar-refractivity contribution in [2.24, 2.45) is 0 Å². The first-order valence-electron chi connectivity index (χ1n) is 11.1. The fraction of sp³-hybridized carbons (Fsp3) is 0.148. The second kappa shape index (κ2) is 9.56. The molecule has 5 rings (SSSR count). The quantitative estimate of drug-likeness (QED) is 0.288. The number of nitrogens with zero attached hydrogens (tertiary/aromatic N) is 3. The summed E-state index contributed by atoms with van der Waals surface area (Å²) in [6, 6.07) is 18.0. The smallest absolute Gasteiger partial charge is 0.262 e. The zero-order valence-electron chi connectivity index (χ0n) is 19.2. The number of hydrogen-bond donors (Lipinski definition) is 1. The molecule has 3 aromatic heterocycles. The molecule has 5 nitrogen and oxygen atoms in total. The van der Waals surface area contributed by atoms with E-state index in [2.05, 4.69) is 4.98 Å². The van der Waals surface area contributed by atoms with Crippen LogP contribution in [0.4, 0.5) is 4.39 Å². The van der Waals surface area contributed by atoms with E-state index in [1.54, 1.807) is 28.9 Å². The van der Waals surface area contributed by atoms with E-state index in [1.807, 2.05) is 55.6 Å². The Morgan fingerprint density at radius 3 is 2.46 bits per heavy atom. The van der Waals surface area contributed by atoms with Crippen molar-refractivity contribution in [1.29, 1.82) is 0 Å². The fourth-order valence-electron chi connectivity index (χ4n) is 4.02. The SMILES string of the molecule is Cc1ncc(-c2ccc(-c3c(C)nc(-c4cccc(F)c4O)n(CCc4ccccc4)c3=O)s2)s1. The molecule has 8 heteroatoms. The van der Waals surface area contributed by atoms with Crippen molar-refractivity contribution in [1.82, 2.24) is 14.5 Å². The summed E-state index contributed by atoms with van der Waals surface area (Å²) in [4.78, 5) is 25.8. The number of hydrogen-bond acceptors (Lipinski definition) is 6. The van der Waals surface area contributed by atoms with E-state index < -0.39 is 11.6 Å². The van der Waals surface area contributed by atoms with Crippen molar-refractivity contribution >= 4 is 22.7 Å². The van der Waals surface area contributed by atoms with E-state index in [4.69, 9.17) is 4.98 Å². The Hall–Kier alpha value is -3.62. The molecule has 0 aliphatic heterocycles. The molecule has 0 saturated heterocycles. The minimum atomic E-state index is -0.754. The lowest BCUT2D eigenvalue weighted by molar-refractivity contribution is 0.433. The van der Waals surface area contributed by atoms with Crippen LogP contribution >= 0.6 is 22.7 Å². The predicted octanol–water partition coefficient (Wildman–Crippen LogP) is 6.47. The van der Waals surface area contributed by atoms with E-state index in [9.17, 15) is 14.3 Å². The second-order valence-corrected chi connectivity index (χ2v) is 10.5. The summed E-state index contributed by atoms with van der Waals surface area (Å²) in [5, 5.41) is 11.4. The van der Waals surface area contributed by atoms with Crippen molar-refractivity contribution in [3.63, 3.8) is 0 Å². The molecule has 3 heterocycles. The van der Waals surface area contributed by atoms with Gasteiger partial charge in [-0.15, -0.1) is 22.7 Å². The van der Waals surface area contributed by atoms with Gasteiger partial charge in [-0.3, -0.25) is 9.36 Å². The molecule has 0 unspecified atom stereocenters. The molecule has 0 aliphatic rings. The molecule has 5 aromatic rings. The monoisotopic (exact) mass is 503 g/mol. The van der Waals surface area contributed by atoms with Gasteiger partial charge in [-0.25, -0.2) is 14.4 Å². The highest BCUT2D eigenvalue weighted by atomic mass is 32.1. The van der Waals surface area contributed by atoms with Crippen LogP contribution in [0.5, 0.6) is 5.75 Å². The van der Waals surface area contributed by atoms with Gasteiger partial charge in [-0.2, -0.15) is 0 Å². The molecule has 176 valence electrons. The molecule has 0 radical (unpaired) electrons. The summed E-state index contributed by atoms with van der Waals surface area (Å²) in [5.74, 6) is -1.02. The average molecular weight is 504 g/mol. The number of aromatic hydroxyl groups is 1. The van der Waals surface area contributed by atoms with Crippen molar-refractivity contribution in [2.45, 2.75) is 26.8 Å². The molecule has 35 heavy (non-hydrogen) atoms. The highest BCUT2D eigenvalue weighted by Gasteiger charge is 2.21. The first kappa shape index (κ1) is 23.1. The molecule has 2 aromatic carbocycles. The summed E-state index contributed by atoms with van der Waals surface area (Å²) in [7, 11) is 0. The zero-order valence-corrected chi connectivity index (χ0v) is 20.8. The van der Waals surface area contributed by atoms with Crippen LogP contribution in [0.3, 0.4) is 0 Å². The third-order valence-electron chi connectivity index (χ3n) is 5.76. The fourth-order valence-corrected chi connectivity index (χ4v) is 5.97. The molecule has 1 N–H and O–H groups in total. The lowest BCUT2D eigenvalue weighted by atomic mass is 10.1. The average Bonchev–Trinajstić information content (AvgIpc) is 3.50. The van der Waals surface area contributed by atoms with Crippen LogP contribution in [-0.4, -0.2) is 19.6 Å². The number of benzene rings is 2. The van der Waals surface area contributed by atoms with Crippen LogP contribution in [-0.2, 0) is 13.0 Å². The normalized spacial score (nSPS) is 11.2. The Bertz CT molecular complexity index is 1570. The summed E-state index contributed by atoms with van der Waals surface area (Å²) < 4.78 is 15.7. The van der Waals surface area contributed by atoms with Gasteiger partial charge in [0.15, 0.2) is 11.6 Å². The summed E-state index contributed by atoms with van der Waals surface area (Å²) in [6.07, 6.45) is 2.43. The standard InChI is InChI=1S/C27H22FN3O2S2/c1-16-24(22-12-11-21(35-22)23-15-29-17(2)34-23)27(33)31(14-13-18-7-4-3-5-8-18)26(30-16)19-9-6-10-20(28)25(19)32/h3-12,15,32H,13-14H2,1-2H3. The van der Waals surface area contributed by atoms with Crippen LogP contribution in [0.1, 0.15) is 16.3 Å². The third-order valence-corrected chi connectivity index (χ3v) is 7.97. The van der Waals surface area contributed by atoms with Gasteiger partial charge in [0.05, 0.1) is 26.7 Å². The van der Waals surface area contributed by atoms with Crippen LogP contribution in [0.2, 0.25) is 0 Å². The number of phenols is 1. The van der Waals surface area contributed by atoms with Gasteiger partial charge < -0.3 is 5.11 Å². The molecule has 0 aliphatic carbocycles. The minimum absolute atomic E-state index is 0.191. The summed E-state index contributed by atoms with van der Waals surface area (Å²) in [5.41, 5.74) is 2.07. The Morgan fingerprint density at radius 1 is 0.943 bits per heavy atom. The number of phenolic OH excluding ortho intramolecular Hbond substituents is 1. The van der Waals surface area contributed by atoms with Gasteiger partial charge in [0.1, 0.15) is 5.82 Å².